The molecular formula is C13H15N3. The Balaban J connectivity index is 2.23. The minimum atomic E-state index is 0.763. The summed E-state index contributed by atoms with van der Waals surface area (Å²) in [5.41, 5.74) is 16.1. The first-order valence-electron chi connectivity index (χ1n) is 5.14. The smallest absolute Gasteiger partial charge is 0.0415 e. The van der Waals surface area contributed by atoms with E-state index < -0.39 is 0 Å². The molecule has 0 amide bonds. The first-order valence-corrected chi connectivity index (χ1v) is 5.14. The fraction of sp³-hybridized carbons (Fsp3) is 0.0769. The van der Waals surface area contributed by atoms with Crippen LogP contribution in [0.2, 0.25) is 0 Å². The Morgan fingerprint density at radius 2 is 1.50 bits per heavy atom. The maximum Gasteiger partial charge on any atom is 0.0415 e. The maximum atomic E-state index is 5.70. The van der Waals surface area contributed by atoms with Gasteiger partial charge < -0.3 is 16.8 Å². The molecule has 2 aromatic rings. The highest BCUT2D eigenvalue weighted by Gasteiger charge is 1.99. The highest BCUT2D eigenvalue weighted by atomic mass is 14.9. The summed E-state index contributed by atoms with van der Waals surface area (Å²) in [7, 11) is 0. The van der Waals surface area contributed by atoms with Gasteiger partial charge in [0.1, 0.15) is 0 Å². The van der Waals surface area contributed by atoms with Gasteiger partial charge in [-0.2, -0.15) is 0 Å². The molecule has 0 aliphatic heterocycles. The number of nitrogen functional groups attached to an aromatic ring is 2. The molecule has 0 atom stereocenters. The molecule has 0 bridgehead atoms. The summed E-state index contributed by atoms with van der Waals surface area (Å²) in [5, 5.41) is 3.32. The average Bonchev–Trinajstić information content (AvgIpc) is 2.25. The lowest BCUT2D eigenvalue weighted by Crippen LogP contribution is -1.95. The van der Waals surface area contributed by atoms with Crippen LogP contribution in [0, 0.1) is 6.92 Å². The zero-order valence-corrected chi connectivity index (χ0v) is 9.20. The number of nitrogens with one attached hydrogen (secondary N) is 1. The van der Waals surface area contributed by atoms with Gasteiger partial charge in [0, 0.05) is 22.7 Å². The zero-order chi connectivity index (χ0) is 11.5. The molecule has 3 nitrogen and oxygen atoms in total. The largest absolute Gasteiger partial charge is 0.399 e. The minimum absolute atomic E-state index is 0.763. The van der Waals surface area contributed by atoms with E-state index in [1.807, 2.05) is 49.4 Å². The maximum absolute atomic E-state index is 5.70. The third-order valence-electron chi connectivity index (χ3n) is 2.44. The summed E-state index contributed by atoms with van der Waals surface area (Å²) >= 11 is 0. The van der Waals surface area contributed by atoms with Crippen molar-refractivity contribution in [1.29, 1.82) is 0 Å². The van der Waals surface area contributed by atoms with Gasteiger partial charge in [-0.3, -0.25) is 0 Å². The van der Waals surface area contributed by atoms with Crippen LogP contribution in [-0.2, 0) is 0 Å². The number of benzene rings is 2. The van der Waals surface area contributed by atoms with Crippen LogP contribution in [0.5, 0.6) is 0 Å². The molecule has 2 aromatic carbocycles. The van der Waals surface area contributed by atoms with Crippen LogP contribution in [0.1, 0.15) is 5.56 Å². The lowest BCUT2D eigenvalue weighted by atomic mass is 10.1. The normalized spacial score (nSPS) is 10.1. The van der Waals surface area contributed by atoms with E-state index >= 15 is 0 Å². The molecule has 82 valence electrons. The second-order valence-corrected chi connectivity index (χ2v) is 3.82. The van der Waals surface area contributed by atoms with E-state index in [-0.39, 0.29) is 0 Å². The summed E-state index contributed by atoms with van der Waals surface area (Å²) in [5.74, 6) is 0. The van der Waals surface area contributed by atoms with E-state index in [1.54, 1.807) is 0 Å². The zero-order valence-electron chi connectivity index (χ0n) is 9.20. The lowest BCUT2D eigenvalue weighted by molar-refractivity contribution is 1.43. The molecule has 0 spiro atoms. The molecule has 0 saturated heterocycles. The number of nitrogens with two attached hydrogens (primary N) is 2. The molecule has 3 heteroatoms. The molecule has 0 aliphatic carbocycles. The van der Waals surface area contributed by atoms with Gasteiger partial charge in [-0.25, -0.2) is 0 Å². The number of hydrogen-bond acceptors (Lipinski definition) is 3. The van der Waals surface area contributed by atoms with Crippen molar-refractivity contribution in [3.63, 3.8) is 0 Å². The van der Waals surface area contributed by atoms with Crippen LogP contribution in [0.25, 0.3) is 0 Å². The summed E-state index contributed by atoms with van der Waals surface area (Å²) in [4.78, 5) is 0. The Labute approximate surface area is 95.1 Å². The molecule has 2 rings (SSSR count). The van der Waals surface area contributed by atoms with Gasteiger partial charge in [0.2, 0.25) is 0 Å². The minimum Gasteiger partial charge on any atom is -0.399 e. The van der Waals surface area contributed by atoms with E-state index in [4.69, 9.17) is 11.5 Å². The van der Waals surface area contributed by atoms with Gasteiger partial charge in [-0.05, 0) is 55.0 Å². The van der Waals surface area contributed by atoms with Gasteiger partial charge in [-0.15, -0.1) is 0 Å². The molecule has 0 saturated carbocycles. The van der Waals surface area contributed by atoms with Crippen molar-refractivity contribution >= 4 is 22.7 Å². The molecule has 0 unspecified atom stereocenters. The molecule has 0 aromatic heterocycles. The molecule has 0 fully saturated rings. The SMILES string of the molecule is Cc1cc(N)ccc1Nc1ccc(N)cc1. The number of aryl methyl sites for hydroxylation is 1. The molecular weight excluding hydrogens is 198 g/mol. The molecule has 0 aliphatic rings. The number of hydrogen-bond donors (Lipinski definition) is 3. The van der Waals surface area contributed by atoms with Gasteiger partial charge in [0.25, 0.3) is 0 Å². The standard InChI is InChI=1S/C13H15N3/c1-9-8-11(15)4-7-13(9)16-12-5-2-10(14)3-6-12/h2-8,16H,14-15H2,1H3. The summed E-state index contributed by atoms with van der Waals surface area (Å²) in [6.07, 6.45) is 0. The molecule has 0 heterocycles. The van der Waals surface area contributed by atoms with Crippen molar-refractivity contribution in [3.05, 3.63) is 48.0 Å². The number of anilines is 4. The summed E-state index contributed by atoms with van der Waals surface area (Å²) in [6, 6.07) is 13.4. The molecule has 16 heavy (non-hydrogen) atoms. The van der Waals surface area contributed by atoms with Crippen LogP contribution in [0.4, 0.5) is 22.7 Å². The van der Waals surface area contributed by atoms with E-state index in [0.29, 0.717) is 0 Å². The fourth-order valence-corrected chi connectivity index (χ4v) is 1.55. The predicted octanol–water partition coefficient (Wildman–Crippen LogP) is 2.90. The third-order valence-corrected chi connectivity index (χ3v) is 2.44. The lowest BCUT2D eigenvalue weighted by Gasteiger charge is -2.10. The van der Waals surface area contributed by atoms with Crippen LogP contribution >= 0.6 is 0 Å². The monoisotopic (exact) mass is 213 g/mol. The summed E-state index contributed by atoms with van der Waals surface area (Å²) in [6.45, 7) is 2.02. The Bertz CT molecular complexity index is 489. The van der Waals surface area contributed by atoms with E-state index in [1.165, 1.54) is 0 Å². The third kappa shape index (κ3) is 2.25. The Morgan fingerprint density at radius 1 is 0.875 bits per heavy atom. The number of rotatable bonds is 2. The highest BCUT2D eigenvalue weighted by Crippen LogP contribution is 2.22. The second-order valence-electron chi connectivity index (χ2n) is 3.82. The average molecular weight is 213 g/mol. The Morgan fingerprint density at radius 3 is 2.12 bits per heavy atom. The van der Waals surface area contributed by atoms with Crippen LogP contribution < -0.4 is 16.8 Å². The van der Waals surface area contributed by atoms with Crippen molar-refractivity contribution in [3.8, 4) is 0 Å². The Kier molecular flexibility index (Phi) is 2.68. The summed E-state index contributed by atoms with van der Waals surface area (Å²) < 4.78 is 0. The van der Waals surface area contributed by atoms with Crippen LogP contribution in [-0.4, -0.2) is 0 Å². The van der Waals surface area contributed by atoms with Crippen molar-refractivity contribution in [2.45, 2.75) is 6.92 Å². The molecule has 0 radical (unpaired) electrons. The van der Waals surface area contributed by atoms with E-state index in [2.05, 4.69) is 5.32 Å². The second kappa shape index (κ2) is 4.14. The predicted molar refractivity (Wildman–Crippen MR) is 69.7 cm³/mol. The van der Waals surface area contributed by atoms with Crippen molar-refractivity contribution in [2.75, 3.05) is 16.8 Å². The highest BCUT2D eigenvalue weighted by molar-refractivity contribution is 5.66. The van der Waals surface area contributed by atoms with Gasteiger partial charge >= 0.3 is 0 Å². The molecule has 5 N–H and O–H groups in total. The Hall–Kier alpha value is -2.16. The quantitative estimate of drug-likeness (QED) is 0.672. The first kappa shape index (κ1) is 10.4. The van der Waals surface area contributed by atoms with Gasteiger partial charge in [0.05, 0.1) is 0 Å². The van der Waals surface area contributed by atoms with Crippen LogP contribution in [0.3, 0.4) is 0 Å². The van der Waals surface area contributed by atoms with Gasteiger partial charge in [-0.1, -0.05) is 0 Å². The van der Waals surface area contributed by atoms with E-state index in [9.17, 15) is 0 Å². The first-order chi connectivity index (χ1) is 7.65. The van der Waals surface area contributed by atoms with Crippen molar-refractivity contribution in [2.24, 2.45) is 0 Å². The van der Waals surface area contributed by atoms with Crippen LogP contribution in [0.15, 0.2) is 42.5 Å². The van der Waals surface area contributed by atoms with Crippen molar-refractivity contribution in [1.82, 2.24) is 0 Å². The van der Waals surface area contributed by atoms with Crippen molar-refractivity contribution < 1.29 is 0 Å². The topological polar surface area (TPSA) is 64.1 Å². The fourth-order valence-electron chi connectivity index (χ4n) is 1.55. The van der Waals surface area contributed by atoms with Gasteiger partial charge in [0.15, 0.2) is 0 Å². The van der Waals surface area contributed by atoms with E-state index in [0.717, 1.165) is 28.3 Å².